The van der Waals surface area contributed by atoms with Crippen LogP contribution in [0.3, 0.4) is 0 Å². The molecule has 5 aliphatic rings. The van der Waals surface area contributed by atoms with Gasteiger partial charge in [0.25, 0.3) is 0 Å². The minimum absolute atomic E-state index is 0.0340. The molecule has 5 rings (SSSR count). The summed E-state index contributed by atoms with van der Waals surface area (Å²) in [6.45, 7) is 14.6. The van der Waals surface area contributed by atoms with Crippen molar-refractivity contribution >= 4 is 11.7 Å². The molecule has 4 aliphatic heterocycles. The fourth-order valence-electron chi connectivity index (χ4n) is 7.94. The maximum atomic E-state index is 14.2. The summed E-state index contributed by atoms with van der Waals surface area (Å²) in [5.74, 6) is -2.15. The van der Waals surface area contributed by atoms with Gasteiger partial charge in [0, 0.05) is 25.2 Å². The molecule has 0 aromatic carbocycles. The van der Waals surface area contributed by atoms with Crippen molar-refractivity contribution in [3.05, 3.63) is 58.7 Å². The van der Waals surface area contributed by atoms with Crippen molar-refractivity contribution in [1.29, 1.82) is 0 Å². The van der Waals surface area contributed by atoms with Gasteiger partial charge in [0.1, 0.15) is 36.9 Å². The van der Waals surface area contributed by atoms with Crippen molar-refractivity contribution in [3.63, 3.8) is 0 Å². The number of nitrogens with zero attached hydrogens (tertiary/aromatic N) is 1. The van der Waals surface area contributed by atoms with Gasteiger partial charge >= 0.3 is 5.97 Å². The van der Waals surface area contributed by atoms with Gasteiger partial charge < -0.3 is 34.0 Å². The van der Waals surface area contributed by atoms with E-state index in [1.165, 1.54) is 5.57 Å². The van der Waals surface area contributed by atoms with E-state index in [9.17, 15) is 15.0 Å². The van der Waals surface area contributed by atoms with Gasteiger partial charge in [0.2, 0.25) is 0 Å². The number of carbonyl (C=O) groups is 1. The van der Waals surface area contributed by atoms with E-state index >= 15 is 0 Å². The van der Waals surface area contributed by atoms with Crippen LogP contribution in [0, 0.1) is 23.7 Å². The molecule has 1 spiro atoms. The fourth-order valence-corrected chi connectivity index (χ4v) is 7.94. The molecule has 2 bridgehead atoms. The second-order valence-electron chi connectivity index (χ2n) is 14.5. The normalized spacial score (nSPS) is 44.5. The first-order valence-corrected chi connectivity index (χ1v) is 16.8. The SMILES string of the molecule is CO/N=C1\C[C@]2(C[C@H]3C[C@@H](C/C=C(\C)C[C@H](C)/C=C/C=C4\CO[C@@H]5[C@H](O)C(C)=C[C@H](C(=O)O3)[C@]45O)O2)O[C@@H](/C(C)=C/C(C)C)[C@@H]1C. The van der Waals surface area contributed by atoms with Gasteiger partial charge in [-0.25, -0.2) is 0 Å². The summed E-state index contributed by atoms with van der Waals surface area (Å²) >= 11 is 0. The Morgan fingerprint density at radius 2 is 1.96 bits per heavy atom. The quantitative estimate of drug-likeness (QED) is 0.229. The maximum absolute atomic E-state index is 14.2. The van der Waals surface area contributed by atoms with Crippen molar-refractivity contribution in [1.82, 2.24) is 0 Å². The van der Waals surface area contributed by atoms with Crippen molar-refractivity contribution in [2.24, 2.45) is 28.8 Å². The smallest absolute Gasteiger partial charge is 0.316 e. The van der Waals surface area contributed by atoms with E-state index in [0.29, 0.717) is 42.7 Å². The van der Waals surface area contributed by atoms with Gasteiger partial charge in [0.05, 0.1) is 24.5 Å². The molecule has 3 fully saturated rings. The first-order chi connectivity index (χ1) is 21.8. The standard InChI is InChI=1S/C37H53NO8/c1-21(2)14-25(6)33-26(7)31(38-42-8)19-36(46-33)18-29-17-28(45-36)13-12-23(4)15-22(3)10-9-11-27-20-43-34-32(39)24(5)16-30(35(40)44-29)37(27,34)41/h9-12,14,16,21-22,26,28-30,32-34,39,41H,13,15,17-20H2,1-8H3/b10-9+,23-12+,25-14+,27-11+,38-31+/t22-,26-,28-,29-,30-,32-,33+,34-,36+,37-/m1/s1. The third kappa shape index (κ3) is 6.99. The summed E-state index contributed by atoms with van der Waals surface area (Å²) < 4.78 is 26.0. The molecule has 254 valence electrons. The highest BCUT2D eigenvalue weighted by molar-refractivity contribution is 5.88. The van der Waals surface area contributed by atoms with E-state index in [1.54, 1.807) is 20.1 Å². The van der Waals surface area contributed by atoms with Crippen molar-refractivity contribution in [3.8, 4) is 0 Å². The zero-order chi connectivity index (χ0) is 33.4. The van der Waals surface area contributed by atoms with Gasteiger partial charge in [-0.05, 0) is 62.2 Å². The van der Waals surface area contributed by atoms with Gasteiger partial charge in [-0.15, -0.1) is 0 Å². The second-order valence-corrected chi connectivity index (χ2v) is 14.5. The highest BCUT2D eigenvalue weighted by atomic mass is 16.7. The monoisotopic (exact) mass is 639 g/mol. The lowest BCUT2D eigenvalue weighted by Crippen LogP contribution is -2.59. The Kier molecular flexibility index (Phi) is 10.5. The number of allylic oxidation sites excluding steroid dienone is 5. The number of esters is 1. The van der Waals surface area contributed by atoms with Gasteiger partial charge in [-0.3, -0.25) is 4.79 Å². The van der Waals surface area contributed by atoms with Gasteiger partial charge in [-0.2, -0.15) is 0 Å². The molecule has 9 heteroatoms. The van der Waals surface area contributed by atoms with Crippen LogP contribution in [-0.2, 0) is 28.6 Å². The van der Waals surface area contributed by atoms with E-state index in [1.807, 2.05) is 12.2 Å². The molecule has 46 heavy (non-hydrogen) atoms. The molecule has 9 nitrogen and oxygen atoms in total. The minimum Gasteiger partial charge on any atom is -0.462 e. The van der Waals surface area contributed by atoms with Gasteiger partial charge in [0.15, 0.2) is 5.79 Å². The lowest BCUT2D eigenvalue weighted by molar-refractivity contribution is -0.313. The zero-order valence-electron chi connectivity index (χ0n) is 28.7. The molecule has 3 saturated heterocycles. The predicted molar refractivity (Wildman–Crippen MR) is 176 cm³/mol. The molecular formula is C37H53NO8. The minimum atomic E-state index is -1.74. The van der Waals surface area contributed by atoms with Crippen LogP contribution in [-0.4, -0.2) is 77.5 Å². The second kappa shape index (κ2) is 13.9. The zero-order valence-corrected chi connectivity index (χ0v) is 28.7. The van der Waals surface area contributed by atoms with Crippen molar-refractivity contribution in [2.75, 3.05) is 13.7 Å². The lowest BCUT2D eigenvalue weighted by Gasteiger charge is -2.50. The topological polar surface area (TPSA) is 116 Å². The molecular weight excluding hydrogens is 586 g/mol. The molecule has 0 unspecified atom stereocenters. The summed E-state index contributed by atoms with van der Waals surface area (Å²) in [5.41, 5.74) is 2.54. The first-order valence-electron chi connectivity index (χ1n) is 16.8. The number of carbonyl (C=O) groups excluding carboxylic acids is 1. The molecule has 0 saturated carbocycles. The van der Waals surface area contributed by atoms with E-state index < -0.39 is 41.6 Å². The molecule has 10 atom stereocenters. The summed E-state index contributed by atoms with van der Waals surface area (Å²) in [6.07, 6.45) is 11.4. The third-order valence-electron chi connectivity index (χ3n) is 10.1. The van der Waals surface area contributed by atoms with Crippen LogP contribution in [0.25, 0.3) is 0 Å². The first kappa shape index (κ1) is 34.8. The third-order valence-corrected chi connectivity index (χ3v) is 10.1. The van der Waals surface area contributed by atoms with Crippen LogP contribution >= 0.6 is 0 Å². The van der Waals surface area contributed by atoms with Gasteiger partial charge in [-0.1, -0.05) is 74.9 Å². The summed E-state index contributed by atoms with van der Waals surface area (Å²) in [4.78, 5) is 19.4. The Morgan fingerprint density at radius 1 is 1.20 bits per heavy atom. The number of aliphatic hydroxyl groups is 2. The molecule has 0 amide bonds. The largest absolute Gasteiger partial charge is 0.462 e. The Labute approximate surface area is 274 Å². The van der Waals surface area contributed by atoms with Crippen molar-refractivity contribution in [2.45, 2.75) is 122 Å². The number of aliphatic hydroxyl groups excluding tert-OH is 1. The number of hydrogen-bond acceptors (Lipinski definition) is 9. The number of rotatable bonds is 3. The Balaban J connectivity index is 1.55. The molecule has 0 radical (unpaired) electrons. The number of hydrogen-bond donors (Lipinski definition) is 2. The van der Waals surface area contributed by atoms with Crippen LogP contribution in [0.15, 0.2) is 63.9 Å². The molecule has 0 aromatic heterocycles. The summed E-state index contributed by atoms with van der Waals surface area (Å²) in [5, 5.41) is 27.6. The fraction of sp³-hybridized carbons (Fsp3) is 0.676. The average Bonchev–Trinajstić information content (AvgIpc) is 3.31. The Morgan fingerprint density at radius 3 is 2.67 bits per heavy atom. The highest BCUT2D eigenvalue weighted by Gasteiger charge is 2.60. The predicted octanol–water partition coefficient (Wildman–Crippen LogP) is 5.73. The van der Waals surface area contributed by atoms with Crippen LogP contribution in [0.2, 0.25) is 0 Å². The average molecular weight is 640 g/mol. The molecule has 4 heterocycles. The van der Waals surface area contributed by atoms with E-state index in [2.05, 4.69) is 64.9 Å². The number of oxime groups is 1. The maximum Gasteiger partial charge on any atom is 0.316 e. The van der Waals surface area contributed by atoms with Crippen molar-refractivity contribution < 1.29 is 38.8 Å². The highest BCUT2D eigenvalue weighted by Crippen LogP contribution is 2.47. The van der Waals surface area contributed by atoms with E-state index in [0.717, 1.165) is 17.7 Å². The van der Waals surface area contributed by atoms with E-state index in [4.69, 9.17) is 23.8 Å². The van der Waals surface area contributed by atoms with Crippen LogP contribution < -0.4 is 0 Å². The molecule has 1 aliphatic carbocycles. The summed E-state index contributed by atoms with van der Waals surface area (Å²) in [7, 11) is 1.55. The Bertz CT molecular complexity index is 1340. The molecule has 0 aromatic rings. The number of fused-ring (bicyclic) bond motifs is 2. The molecule has 2 N–H and O–H groups in total. The van der Waals surface area contributed by atoms with Crippen LogP contribution in [0.5, 0.6) is 0 Å². The lowest BCUT2D eigenvalue weighted by atomic mass is 9.71. The van der Waals surface area contributed by atoms with Crippen LogP contribution in [0.4, 0.5) is 0 Å². The van der Waals surface area contributed by atoms with Crippen LogP contribution in [0.1, 0.15) is 80.6 Å². The van der Waals surface area contributed by atoms with E-state index in [-0.39, 0.29) is 30.7 Å². The summed E-state index contributed by atoms with van der Waals surface area (Å²) in [6, 6.07) is 0. The Hall–Kier alpha value is -2.56. The number of ether oxygens (including phenoxy) is 4.